The second-order valence-electron chi connectivity index (χ2n) is 4.80. The zero-order valence-electron chi connectivity index (χ0n) is 10.4. The van der Waals surface area contributed by atoms with Gasteiger partial charge in [0.15, 0.2) is 0 Å². The fraction of sp³-hybridized carbons (Fsp3) is 0.357. The van der Waals surface area contributed by atoms with Gasteiger partial charge < -0.3 is 9.80 Å². The maximum atomic E-state index is 13.1. The molecule has 0 bridgehead atoms. The Morgan fingerprint density at radius 2 is 1.78 bits per heavy atom. The number of piperazine rings is 1. The smallest absolute Gasteiger partial charge is 0.213 e. The number of rotatable bonds is 1. The van der Waals surface area contributed by atoms with Gasteiger partial charge in [0.25, 0.3) is 0 Å². The van der Waals surface area contributed by atoms with Crippen LogP contribution in [0, 0.1) is 5.95 Å². The third-order valence-corrected chi connectivity index (χ3v) is 3.51. The van der Waals surface area contributed by atoms with E-state index in [0.717, 1.165) is 42.8 Å². The number of nitrogens with zero attached hydrogens (tertiary/aromatic N) is 3. The Kier molecular flexibility index (Phi) is 2.88. The number of hydrogen-bond donors (Lipinski definition) is 0. The number of likely N-dealkylation sites (N-methyl/N-ethyl adjacent to an activating group) is 1. The van der Waals surface area contributed by atoms with Crippen molar-refractivity contribution >= 4 is 16.6 Å². The normalized spacial score (nSPS) is 17.3. The maximum absolute atomic E-state index is 13.1. The summed E-state index contributed by atoms with van der Waals surface area (Å²) in [5, 5.41) is 0.981. The van der Waals surface area contributed by atoms with Crippen LogP contribution >= 0.6 is 0 Å². The van der Waals surface area contributed by atoms with Crippen LogP contribution in [0.2, 0.25) is 0 Å². The first-order valence-corrected chi connectivity index (χ1v) is 6.22. The summed E-state index contributed by atoms with van der Waals surface area (Å²) in [7, 11) is 2.13. The molecule has 0 atom stereocenters. The third-order valence-electron chi connectivity index (χ3n) is 3.51. The van der Waals surface area contributed by atoms with Crippen LogP contribution in [-0.2, 0) is 0 Å². The van der Waals surface area contributed by atoms with Gasteiger partial charge >= 0.3 is 0 Å². The van der Waals surface area contributed by atoms with Crippen molar-refractivity contribution in [3.8, 4) is 0 Å². The van der Waals surface area contributed by atoms with E-state index in [1.807, 2.05) is 12.1 Å². The largest absolute Gasteiger partial charge is 0.369 e. The minimum Gasteiger partial charge on any atom is -0.369 e. The lowest BCUT2D eigenvalue weighted by Gasteiger charge is -2.34. The van der Waals surface area contributed by atoms with Gasteiger partial charge in [0, 0.05) is 37.3 Å². The molecule has 0 aliphatic carbocycles. The van der Waals surface area contributed by atoms with Crippen LogP contribution in [0.5, 0.6) is 0 Å². The number of aromatic nitrogens is 1. The molecule has 2 heterocycles. The maximum Gasteiger partial charge on any atom is 0.213 e. The average Bonchev–Trinajstić information content (AvgIpc) is 2.38. The Labute approximate surface area is 106 Å². The highest BCUT2D eigenvalue weighted by molar-refractivity contribution is 5.82. The Morgan fingerprint density at radius 1 is 1.06 bits per heavy atom. The molecule has 1 fully saturated rings. The van der Waals surface area contributed by atoms with Crippen molar-refractivity contribution < 1.29 is 4.39 Å². The molecule has 0 amide bonds. The second-order valence-corrected chi connectivity index (χ2v) is 4.80. The van der Waals surface area contributed by atoms with Gasteiger partial charge in [-0.25, -0.2) is 4.98 Å². The van der Waals surface area contributed by atoms with E-state index >= 15 is 0 Å². The lowest BCUT2D eigenvalue weighted by molar-refractivity contribution is 0.313. The molecule has 4 heteroatoms. The highest BCUT2D eigenvalue weighted by Crippen LogP contribution is 2.22. The van der Waals surface area contributed by atoms with Gasteiger partial charge in [0.05, 0.1) is 5.52 Å². The highest BCUT2D eigenvalue weighted by atomic mass is 19.1. The summed E-state index contributed by atoms with van der Waals surface area (Å²) in [6.45, 7) is 4.15. The third kappa shape index (κ3) is 2.16. The quantitative estimate of drug-likeness (QED) is 0.717. The first-order chi connectivity index (χ1) is 8.72. The van der Waals surface area contributed by atoms with Gasteiger partial charge in [0.1, 0.15) is 0 Å². The number of halogens is 1. The molecular formula is C14H16FN3. The van der Waals surface area contributed by atoms with E-state index in [9.17, 15) is 4.39 Å². The Morgan fingerprint density at radius 3 is 2.56 bits per heavy atom. The van der Waals surface area contributed by atoms with Crippen molar-refractivity contribution in [2.45, 2.75) is 0 Å². The summed E-state index contributed by atoms with van der Waals surface area (Å²) in [6.07, 6.45) is 0. The zero-order chi connectivity index (χ0) is 12.5. The fourth-order valence-corrected chi connectivity index (χ4v) is 2.34. The first kappa shape index (κ1) is 11.4. The molecule has 3 nitrogen and oxygen atoms in total. The molecule has 2 aromatic rings. The molecule has 1 aliphatic heterocycles. The van der Waals surface area contributed by atoms with E-state index in [-0.39, 0.29) is 0 Å². The minimum atomic E-state index is -0.418. The van der Waals surface area contributed by atoms with Crippen LogP contribution in [0.1, 0.15) is 0 Å². The zero-order valence-corrected chi connectivity index (χ0v) is 10.4. The van der Waals surface area contributed by atoms with Crippen molar-refractivity contribution in [3.63, 3.8) is 0 Å². The van der Waals surface area contributed by atoms with Gasteiger partial charge in [-0.2, -0.15) is 4.39 Å². The summed E-state index contributed by atoms with van der Waals surface area (Å²) >= 11 is 0. The molecule has 1 aromatic heterocycles. The van der Waals surface area contributed by atoms with Gasteiger partial charge in [0.2, 0.25) is 5.95 Å². The molecular weight excluding hydrogens is 229 g/mol. The molecule has 0 saturated carbocycles. The molecule has 0 spiro atoms. The molecule has 0 radical (unpaired) electrons. The van der Waals surface area contributed by atoms with Crippen molar-refractivity contribution in [2.75, 3.05) is 38.1 Å². The van der Waals surface area contributed by atoms with Crippen LogP contribution < -0.4 is 4.90 Å². The summed E-state index contributed by atoms with van der Waals surface area (Å²) < 4.78 is 13.1. The molecule has 94 valence electrons. The van der Waals surface area contributed by atoms with E-state index in [2.05, 4.69) is 27.9 Å². The van der Waals surface area contributed by atoms with Gasteiger partial charge in [-0.05, 0) is 31.3 Å². The second kappa shape index (κ2) is 4.53. The first-order valence-electron chi connectivity index (χ1n) is 6.22. The summed E-state index contributed by atoms with van der Waals surface area (Å²) in [5.74, 6) is -0.418. The molecule has 3 rings (SSSR count). The van der Waals surface area contributed by atoms with Crippen LogP contribution in [0.25, 0.3) is 10.9 Å². The summed E-state index contributed by atoms with van der Waals surface area (Å²) in [5.41, 5.74) is 1.86. The predicted molar refractivity (Wildman–Crippen MR) is 71.4 cm³/mol. The van der Waals surface area contributed by atoms with E-state index in [1.54, 1.807) is 6.07 Å². The van der Waals surface area contributed by atoms with Gasteiger partial charge in [-0.1, -0.05) is 6.07 Å². The minimum absolute atomic E-state index is 0.418. The van der Waals surface area contributed by atoms with Gasteiger partial charge in [-0.15, -0.1) is 0 Å². The molecule has 0 N–H and O–H groups in total. The standard InChI is InChI=1S/C14H16FN3/c1-17-6-8-18(9-7-17)12-4-2-11-3-5-14(15)16-13(11)10-12/h2-5,10H,6-9H2,1H3. The Bertz CT molecular complexity index is 562. The van der Waals surface area contributed by atoms with Crippen LogP contribution in [-0.4, -0.2) is 43.1 Å². The number of fused-ring (bicyclic) bond motifs is 1. The molecule has 1 aliphatic rings. The van der Waals surface area contributed by atoms with E-state index in [0.29, 0.717) is 0 Å². The monoisotopic (exact) mass is 245 g/mol. The summed E-state index contributed by atoms with van der Waals surface area (Å²) in [6, 6.07) is 9.25. The van der Waals surface area contributed by atoms with Crippen molar-refractivity contribution in [1.82, 2.24) is 9.88 Å². The summed E-state index contributed by atoms with van der Waals surface area (Å²) in [4.78, 5) is 8.58. The fourth-order valence-electron chi connectivity index (χ4n) is 2.34. The van der Waals surface area contributed by atoms with E-state index < -0.39 is 5.95 Å². The lowest BCUT2D eigenvalue weighted by atomic mass is 10.1. The van der Waals surface area contributed by atoms with E-state index in [4.69, 9.17) is 0 Å². The number of anilines is 1. The molecule has 0 unspecified atom stereocenters. The van der Waals surface area contributed by atoms with Gasteiger partial charge in [-0.3, -0.25) is 0 Å². The van der Waals surface area contributed by atoms with Crippen LogP contribution in [0.15, 0.2) is 30.3 Å². The average molecular weight is 245 g/mol. The Balaban J connectivity index is 1.92. The number of benzene rings is 1. The molecule has 1 aromatic carbocycles. The van der Waals surface area contributed by atoms with Crippen LogP contribution in [0.3, 0.4) is 0 Å². The van der Waals surface area contributed by atoms with Crippen molar-refractivity contribution in [2.24, 2.45) is 0 Å². The lowest BCUT2D eigenvalue weighted by Crippen LogP contribution is -2.44. The molecule has 1 saturated heterocycles. The number of pyridine rings is 1. The van der Waals surface area contributed by atoms with Crippen molar-refractivity contribution in [1.29, 1.82) is 0 Å². The van der Waals surface area contributed by atoms with E-state index in [1.165, 1.54) is 6.07 Å². The van der Waals surface area contributed by atoms with Crippen molar-refractivity contribution in [3.05, 3.63) is 36.3 Å². The SMILES string of the molecule is CN1CCN(c2ccc3ccc(F)nc3c2)CC1. The predicted octanol–water partition coefficient (Wildman–Crippen LogP) is 2.13. The topological polar surface area (TPSA) is 19.4 Å². The highest BCUT2D eigenvalue weighted by Gasteiger charge is 2.14. The number of hydrogen-bond acceptors (Lipinski definition) is 3. The van der Waals surface area contributed by atoms with Crippen LogP contribution in [0.4, 0.5) is 10.1 Å². The molecule has 18 heavy (non-hydrogen) atoms. The Hall–Kier alpha value is -1.68.